The van der Waals surface area contributed by atoms with Crippen molar-refractivity contribution >= 4 is 17.4 Å². The summed E-state index contributed by atoms with van der Waals surface area (Å²) in [6, 6.07) is 1.70. The summed E-state index contributed by atoms with van der Waals surface area (Å²) in [6.45, 7) is 4.51. The van der Waals surface area contributed by atoms with Crippen molar-refractivity contribution in [3.8, 4) is 0 Å². The molecule has 0 aliphatic carbocycles. The van der Waals surface area contributed by atoms with Gasteiger partial charge in [0, 0.05) is 19.0 Å². The minimum atomic E-state index is -0.306. The highest BCUT2D eigenvalue weighted by molar-refractivity contribution is 6.29. The molecule has 0 aromatic carbocycles. The number of nitrogens with zero attached hydrogens (tertiary/aromatic N) is 2. The van der Waals surface area contributed by atoms with Gasteiger partial charge in [0.15, 0.2) is 0 Å². The Morgan fingerprint density at radius 3 is 2.88 bits per heavy atom. The summed E-state index contributed by atoms with van der Waals surface area (Å²) in [5.41, 5.74) is 0. The number of aliphatic hydroxyl groups is 1. The molecule has 1 rings (SSSR count). The van der Waals surface area contributed by atoms with Gasteiger partial charge in [-0.3, -0.25) is 0 Å². The van der Waals surface area contributed by atoms with Gasteiger partial charge in [-0.2, -0.15) is 0 Å². The lowest BCUT2D eigenvalue weighted by molar-refractivity contribution is 0.188. The molecule has 1 aromatic heterocycles. The molecule has 0 spiro atoms. The van der Waals surface area contributed by atoms with Crippen LogP contribution in [-0.4, -0.2) is 27.7 Å². The molecule has 1 aromatic rings. The van der Waals surface area contributed by atoms with E-state index >= 15 is 0 Å². The van der Waals surface area contributed by atoms with Gasteiger partial charge in [-0.1, -0.05) is 18.5 Å². The molecule has 0 aliphatic heterocycles. The first-order valence-electron chi connectivity index (χ1n) is 5.57. The zero-order valence-corrected chi connectivity index (χ0v) is 10.5. The van der Waals surface area contributed by atoms with Crippen molar-refractivity contribution in [2.75, 3.05) is 11.9 Å². The highest BCUT2D eigenvalue weighted by atomic mass is 35.5. The van der Waals surface area contributed by atoms with Crippen molar-refractivity contribution in [1.82, 2.24) is 9.97 Å². The lowest BCUT2D eigenvalue weighted by atomic mass is 10.3. The summed E-state index contributed by atoms with van der Waals surface area (Å²) in [7, 11) is 0. The maximum Gasteiger partial charge on any atom is 0.134 e. The fourth-order valence-electron chi connectivity index (χ4n) is 1.30. The topological polar surface area (TPSA) is 58.0 Å². The summed E-state index contributed by atoms with van der Waals surface area (Å²) >= 11 is 5.89. The van der Waals surface area contributed by atoms with Crippen LogP contribution >= 0.6 is 11.6 Å². The van der Waals surface area contributed by atoms with E-state index < -0.39 is 0 Å². The summed E-state index contributed by atoms with van der Waals surface area (Å²) in [4.78, 5) is 8.46. The number of anilines is 1. The number of rotatable bonds is 6. The van der Waals surface area contributed by atoms with Gasteiger partial charge in [0.05, 0.1) is 6.10 Å². The molecule has 0 fully saturated rings. The Balaban J connectivity index is 2.58. The Kier molecular flexibility index (Phi) is 5.49. The number of aliphatic hydroxyl groups excluding tert-OH is 1. The average molecular weight is 244 g/mol. The van der Waals surface area contributed by atoms with Crippen LogP contribution in [0.1, 0.15) is 32.5 Å². The first-order valence-corrected chi connectivity index (χ1v) is 5.95. The molecule has 4 nitrogen and oxygen atoms in total. The van der Waals surface area contributed by atoms with Crippen LogP contribution in [0.25, 0.3) is 0 Å². The number of hydrogen-bond donors (Lipinski definition) is 2. The van der Waals surface area contributed by atoms with E-state index in [1.54, 1.807) is 13.0 Å². The van der Waals surface area contributed by atoms with Crippen LogP contribution in [0.15, 0.2) is 6.07 Å². The summed E-state index contributed by atoms with van der Waals surface area (Å²) in [6.07, 6.45) is 2.20. The molecule has 0 amide bonds. The normalized spacial score (nSPS) is 12.5. The van der Waals surface area contributed by atoms with Crippen molar-refractivity contribution in [2.45, 2.75) is 39.2 Å². The van der Waals surface area contributed by atoms with Gasteiger partial charge in [0.1, 0.15) is 16.8 Å². The van der Waals surface area contributed by atoms with Crippen molar-refractivity contribution in [3.63, 3.8) is 0 Å². The van der Waals surface area contributed by atoms with Crippen LogP contribution in [0.5, 0.6) is 0 Å². The highest BCUT2D eigenvalue weighted by Gasteiger charge is 2.03. The molecule has 0 radical (unpaired) electrons. The number of aryl methyl sites for hydroxylation is 1. The fraction of sp³-hybridized carbons (Fsp3) is 0.636. The second-order valence-electron chi connectivity index (χ2n) is 3.81. The van der Waals surface area contributed by atoms with Crippen LogP contribution in [0, 0.1) is 0 Å². The average Bonchev–Trinajstić information content (AvgIpc) is 2.16. The predicted molar refractivity (Wildman–Crippen MR) is 65.8 cm³/mol. The quantitative estimate of drug-likeness (QED) is 0.753. The third kappa shape index (κ3) is 4.77. The molecular weight excluding hydrogens is 226 g/mol. The SMILES string of the molecule is CCCc1nc(Cl)cc(NCCC(C)O)n1. The van der Waals surface area contributed by atoms with E-state index in [-0.39, 0.29) is 6.10 Å². The molecule has 16 heavy (non-hydrogen) atoms. The fourth-order valence-corrected chi connectivity index (χ4v) is 1.50. The minimum Gasteiger partial charge on any atom is -0.393 e. The van der Waals surface area contributed by atoms with Crippen LogP contribution in [0.4, 0.5) is 5.82 Å². The van der Waals surface area contributed by atoms with Gasteiger partial charge in [0.25, 0.3) is 0 Å². The molecule has 2 N–H and O–H groups in total. The largest absolute Gasteiger partial charge is 0.393 e. The minimum absolute atomic E-state index is 0.306. The monoisotopic (exact) mass is 243 g/mol. The smallest absolute Gasteiger partial charge is 0.134 e. The van der Waals surface area contributed by atoms with E-state index in [0.29, 0.717) is 18.1 Å². The van der Waals surface area contributed by atoms with Crippen molar-refractivity contribution in [1.29, 1.82) is 0 Å². The second-order valence-corrected chi connectivity index (χ2v) is 4.19. The van der Waals surface area contributed by atoms with Crippen LogP contribution < -0.4 is 5.32 Å². The summed E-state index contributed by atoms with van der Waals surface area (Å²) < 4.78 is 0. The molecule has 90 valence electrons. The molecule has 5 heteroatoms. The zero-order valence-electron chi connectivity index (χ0n) is 9.70. The van der Waals surface area contributed by atoms with Gasteiger partial charge < -0.3 is 10.4 Å². The molecule has 0 bridgehead atoms. The lowest BCUT2D eigenvalue weighted by Gasteiger charge is -2.08. The number of nitrogens with one attached hydrogen (secondary N) is 1. The number of halogens is 1. The van der Waals surface area contributed by atoms with E-state index in [1.807, 2.05) is 0 Å². The predicted octanol–water partition coefficient (Wildman–Crippen LogP) is 2.27. The van der Waals surface area contributed by atoms with Crippen molar-refractivity contribution in [3.05, 3.63) is 17.0 Å². The lowest BCUT2D eigenvalue weighted by Crippen LogP contribution is -2.11. The van der Waals surface area contributed by atoms with Crippen molar-refractivity contribution in [2.24, 2.45) is 0 Å². The highest BCUT2D eigenvalue weighted by Crippen LogP contribution is 2.12. The first-order chi connectivity index (χ1) is 7.61. The Hall–Kier alpha value is -0.870. The first kappa shape index (κ1) is 13.2. The van der Waals surface area contributed by atoms with E-state index in [1.165, 1.54) is 0 Å². The maximum atomic E-state index is 9.12. The van der Waals surface area contributed by atoms with E-state index in [0.717, 1.165) is 24.5 Å². The van der Waals surface area contributed by atoms with Crippen LogP contribution in [0.2, 0.25) is 5.15 Å². The Labute approximate surface area is 101 Å². The molecule has 0 aliphatic rings. The zero-order chi connectivity index (χ0) is 12.0. The van der Waals surface area contributed by atoms with Gasteiger partial charge >= 0.3 is 0 Å². The van der Waals surface area contributed by atoms with Gasteiger partial charge in [0.2, 0.25) is 0 Å². The molecular formula is C11H18ClN3O. The van der Waals surface area contributed by atoms with Crippen LogP contribution in [-0.2, 0) is 6.42 Å². The maximum absolute atomic E-state index is 9.12. The number of aromatic nitrogens is 2. The molecule has 0 saturated heterocycles. The standard InChI is InChI=1S/C11H18ClN3O/c1-3-4-10-14-9(12)7-11(15-10)13-6-5-8(2)16/h7-8,16H,3-6H2,1-2H3,(H,13,14,15). The Morgan fingerprint density at radius 1 is 1.50 bits per heavy atom. The van der Waals surface area contributed by atoms with Gasteiger partial charge in [-0.25, -0.2) is 9.97 Å². The Bertz CT molecular complexity index is 331. The molecule has 1 atom stereocenters. The van der Waals surface area contributed by atoms with Crippen molar-refractivity contribution < 1.29 is 5.11 Å². The molecule has 0 saturated carbocycles. The van der Waals surface area contributed by atoms with E-state index in [2.05, 4.69) is 22.2 Å². The summed E-state index contributed by atoms with van der Waals surface area (Å²) in [5.74, 6) is 1.48. The van der Waals surface area contributed by atoms with Gasteiger partial charge in [-0.05, 0) is 19.8 Å². The van der Waals surface area contributed by atoms with E-state index in [4.69, 9.17) is 16.7 Å². The van der Waals surface area contributed by atoms with Gasteiger partial charge in [-0.15, -0.1) is 0 Å². The second kappa shape index (κ2) is 6.66. The third-order valence-electron chi connectivity index (χ3n) is 2.08. The van der Waals surface area contributed by atoms with Crippen LogP contribution in [0.3, 0.4) is 0 Å². The molecule has 1 heterocycles. The molecule has 1 unspecified atom stereocenters. The summed E-state index contributed by atoms with van der Waals surface area (Å²) in [5, 5.41) is 12.7. The number of hydrogen-bond acceptors (Lipinski definition) is 4. The Morgan fingerprint density at radius 2 is 2.25 bits per heavy atom. The van der Waals surface area contributed by atoms with E-state index in [9.17, 15) is 0 Å². The third-order valence-corrected chi connectivity index (χ3v) is 2.28.